The Balaban J connectivity index is 1.13. The lowest BCUT2D eigenvalue weighted by Gasteiger charge is -2.26. The van der Waals surface area contributed by atoms with E-state index >= 15 is 0 Å². The molecule has 4 aromatic heterocycles. The second kappa shape index (κ2) is 13.7. The van der Waals surface area contributed by atoms with Gasteiger partial charge in [0.1, 0.15) is 5.75 Å². The highest BCUT2D eigenvalue weighted by molar-refractivity contribution is 7.29. The molecule has 0 aliphatic carbocycles. The monoisotopic (exact) mass is 649 g/mol. The molecule has 3 aromatic carbocycles. The Morgan fingerprint density at radius 1 is 0.523 bits per heavy atom. The van der Waals surface area contributed by atoms with Crippen LogP contribution in [0.25, 0.3) is 39.7 Å². The van der Waals surface area contributed by atoms with Crippen molar-refractivity contribution >= 4 is 81.2 Å². The summed E-state index contributed by atoms with van der Waals surface area (Å²) in [6.07, 6.45) is 7.61. The Morgan fingerprint density at radius 3 is 1.50 bits per heavy atom. The molecular formula is C38H35NOS4. The van der Waals surface area contributed by atoms with Crippen LogP contribution in [0.5, 0.6) is 5.75 Å². The molecule has 0 spiro atoms. The zero-order valence-corrected chi connectivity index (χ0v) is 28.1. The van der Waals surface area contributed by atoms with Gasteiger partial charge in [0.05, 0.1) is 6.61 Å². The number of fused-ring (bicyclic) bond motifs is 2. The normalized spacial score (nSPS) is 11.5. The Hall–Kier alpha value is -3.42. The van der Waals surface area contributed by atoms with Crippen molar-refractivity contribution in [2.45, 2.75) is 45.4 Å². The van der Waals surface area contributed by atoms with E-state index < -0.39 is 0 Å². The summed E-state index contributed by atoms with van der Waals surface area (Å²) in [5, 5.41) is 4.34. The van der Waals surface area contributed by atoms with Crippen molar-refractivity contribution in [2.75, 3.05) is 11.5 Å². The van der Waals surface area contributed by atoms with Crippen LogP contribution in [-0.2, 0) is 0 Å². The molecule has 0 atom stereocenters. The maximum atomic E-state index is 6.11. The molecule has 6 heteroatoms. The molecule has 0 unspecified atom stereocenters. The van der Waals surface area contributed by atoms with Crippen LogP contribution < -0.4 is 9.64 Å². The van der Waals surface area contributed by atoms with E-state index in [1.807, 2.05) is 45.3 Å². The minimum Gasteiger partial charge on any atom is -0.494 e. The summed E-state index contributed by atoms with van der Waals surface area (Å²) in [5.74, 6) is 0.934. The fourth-order valence-electron chi connectivity index (χ4n) is 5.58. The Kier molecular flexibility index (Phi) is 9.12. The van der Waals surface area contributed by atoms with Crippen molar-refractivity contribution in [1.82, 2.24) is 0 Å². The van der Waals surface area contributed by atoms with Crippen molar-refractivity contribution in [3.05, 3.63) is 108 Å². The molecule has 0 saturated carbocycles. The number of thiophene rings is 4. The van der Waals surface area contributed by atoms with Gasteiger partial charge in [-0.1, -0.05) is 63.3 Å². The topological polar surface area (TPSA) is 12.5 Å². The fraction of sp³-hybridized carbons (Fsp3) is 0.211. The molecule has 7 aromatic rings. The molecule has 0 fully saturated rings. The van der Waals surface area contributed by atoms with Crippen molar-refractivity contribution in [3.63, 3.8) is 0 Å². The maximum Gasteiger partial charge on any atom is 0.119 e. The minimum atomic E-state index is 0.777. The molecule has 7 rings (SSSR count). The summed E-state index contributed by atoms with van der Waals surface area (Å²) >= 11 is 7.35. The number of hydrogen-bond donors (Lipinski definition) is 0. The second-order valence-electron chi connectivity index (χ2n) is 11.1. The van der Waals surface area contributed by atoms with Crippen LogP contribution >= 0.6 is 45.3 Å². The molecule has 222 valence electrons. The van der Waals surface area contributed by atoms with Gasteiger partial charge in [0.15, 0.2) is 0 Å². The molecule has 0 aliphatic rings. The van der Waals surface area contributed by atoms with Gasteiger partial charge in [-0.25, -0.2) is 0 Å². The number of rotatable bonds is 13. The largest absolute Gasteiger partial charge is 0.494 e. The van der Waals surface area contributed by atoms with Gasteiger partial charge in [0.25, 0.3) is 0 Å². The maximum absolute atomic E-state index is 6.11. The van der Waals surface area contributed by atoms with Gasteiger partial charge in [-0.3, -0.25) is 0 Å². The summed E-state index contributed by atoms with van der Waals surface area (Å²) in [5.41, 5.74) is 5.90. The van der Waals surface area contributed by atoms with Gasteiger partial charge in [0, 0.05) is 45.6 Å². The number of nitrogens with zero attached hydrogens (tertiary/aromatic N) is 1. The smallest absolute Gasteiger partial charge is 0.119 e. The Bertz CT molecular complexity index is 1750. The van der Waals surface area contributed by atoms with Crippen molar-refractivity contribution in [3.8, 4) is 26.6 Å². The lowest BCUT2D eigenvalue weighted by atomic mass is 10.1. The van der Waals surface area contributed by atoms with E-state index in [2.05, 4.69) is 120 Å². The van der Waals surface area contributed by atoms with Crippen LogP contribution in [0, 0.1) is 0 Å². The SMILES string of the molecule is CCCCCCCCOc1ccc(N(c2ccc(-c3cc4sccc4s3)cc2)c2ccc(-c3cc4sccc4s3)cc2)cc1. The van der Waals surface area contributed by atoms with Gasteiger partial charge >= 0.3 is 0 Å². The van der Waals surface area contributed by atoms with E-state index in [0.29, 0.717) is 0 Å². The highest BCUT2D eigenvalue weighted by Gasteiger charge is 2.15. The first-order valence-corrected chi connectivity index (χ1v) is 18.8. The van der Waals surface area contributed by atoms with E-state index in [1.165, 1.54) is 71.8 Å². The Labute approximate surface area is 275 Å². The molecular weight excluding hydrogens is 615 g/mol. The summed E-state index contributed by atoms with van der Waals surface area (Å²) < 4.78 is 11.6. The highest BCUT2D eigenvalue weighted by Crippen LogP contribution is 2.41. The molecule has 2 nitrogen and oxygen atoms in total. The summed E-state index contributed by atoms with van der Waals surface area (Å²) in [7, 11) is 0. The number of hydrogen-bond acceptors (Lipinski definition) is 6. The van der Waals surface area contributed by atoms with Gasteiger partial charge in [-0.15, -0.1) is 45.3 Å². The molecule has 0 radical (unpaired) electrons. The van der Waals surface area contributed by atoms with Gasteiger partial charge in [0.2, 0.25) is 0 Å². The van der Waals surface area contributed by atoms with E-state index in [4.69, 9.17) is 4.74 Å². The summed E-state index contributed by atoms with van der Waals surface area (Å²) in [6.45, 7) is 3.04. The molecule has 44 heavy (non-hydrogen) atoms. The Morgan fingerprint density at radius 2 is 1.00 bits per heavy atom. The second-order valence-corrected chi connectivity index (χ2v) is 15.1. The van der Waals surface area contributed by atoms with Crippen LogP contribution in [0.4, 0.5) is 17.1 Å². The average molecular weight is 650 g/mol. The van der Waals surface area contributed by atoms with Crippen LogP contribution in [0.1, 0.15) is 45.4 Å². The van der Waals surface area contributed by atoms with Crippen LogP contribution in [0.2, 0.25) is 0 Å². The van der Waals surface area contributed by atoms with Crippen LogP contribution in [0.3, 0.4) is 0 Å². The minimum absolute atomic E-state index is 0.777. The van der Waals surface area contributed by atoms with Gasteiger partial charge in [-0.2, -0.15) is 0 Å². The first kappa shape index (κ1) is 29.3. The third-order valence-electron chi connectivity index (χ3n) is 7.96. The molecule has 0 N–H and O–H groups in total. The lowest BCUT2D eigenvalue weighted by Crippen LogP contribution is -2.10. The third-order valence-corrected chi connectivity index (χ3v) is 12.2. The van der Waals surface area contributed by atoms with E-state index in [0.717, 1.165) is 35.8 Å². The van der Waals surface area contributed by atoms with E-state index in [-0.39, 0.29) is 0 Å². The standard InChI is InChI=1S/C38H35NOS4/c1-2-3-4-5-6-7-22-40-32-18-16-31(17-19-32)39(29-12-8-27(9-13-29)35-25-37-33(43-35)20-23-41-37)30-14-10-28(11-15-30)36-26-38-34(44-36)21-24-42-38/h8-21,23-26H,2-7,22H2,1H3. The molecule has 0 bridgehead atoms. The average Bonchev–Trinajstić information content (AvgIpc) is 3.85. The zero-order chi connectivity index (χ0) is 29.7. The van der Waals surface area contributed by atoms with Gasteiger partial charge in [-0.05, 0) is 101 Å². The third kappa shape index (κ3) is 6.50. The molecule has 4 heterocycles. The van der Waals surface area contributed by atoms with Crippen LogP contribution in [0.15, 0.2) is 108 Å². The van der Waals surface area contributed by atoms with E-state index in [9.17, 15) is 0 Å². The zero-order valence-electron chi connectivity index (χ0n) is 24.8. The number of benzene rings is 3. The molecule has 0 saturated heterocycles. The van der Waals surface area contributed by atoms with Crippen molar-refractivity contribution in [2.24, 2.45) is 0 Å². The van der Waals surface area contributed by atoms with Crippen molar-refractivity contribution in [1.29, 1.82) is 0 Å². The first-order valence-electron chi connectivity index (χ1n) is 15.4. The number of ether oxygens (including phenoxy) is 1. The van der Waals surface area contributed by atoms with Gasteiger partial charge < -0.3 is 9.64 Å². The number of unbranched alkanes of at least 4 members (excludes halogenated alkanes) is 5. The quantitative estimate of drug-likeness (QED) is 0.115. The molecule has 0 amide bonds. The van der Waals surface area contributed by atoms with Crippen molar-refractivity contribution < 1.29 is 4.74 Å². The first-order chi connectivity index (χ1) is 21.7. The summed E-state index contributed by atoms with van der Waals surface area (Å²) in [4.78, 5) is 4.97. The van der Waals surface area contributed by atoms with Crippen LogP contribution in [-0.4, -0.2) is 6.61 Å². The van der Waals surface area contributed by atoms with E-state index in [1.54, 1.807) is 0 Å². The highest BCUT2D eigenvalue weighted by atomic mass is 32.1. The predicted molar refractivity (Wildman–Crippen MR) is 197 cm³/mol. The predicted octanol–water partition coefficient (Wildman–Crippen LogP) is 13.8. The lowest BCUT2D eigenvalue weighted by molar-refractivity contribution is 0.304. The summed E-state index contributed by atoms with van der Waals surface area (Å²) in [6, 6.07) is 35.6. The molecule has 0 aliphatic heterocycles. The fourth-order valence-corrected chi connectivity index (χ4v) is 9.80. The number of anilines is 3.